The zero-order chi connectivity index (χ0) is 9.19. The fourth-order valence-corrected chi connectivity index (χ4v) is 1.36. The molecule has 0 aliphatic heterocycles. The van der Waals surface area contributed by atoms with E-state index in [1.54, 1.807) is 6.20 Å². The molecule has 1 aromatic heterocycles. The second kappa shape index (κ2) is 3.52. The summed E-state index contributed by atoms with van der Waals surface area (Å²) in [4.78, 5) is 8.24. The third-order valence-electron chi connectivity index (χ3n) is 1.40. The molecule has 0 atom stereocenters. The standard InChI is InChI=1S/C9H13BrN2/c1-9(2,3)6-7-4-5-11-8(10)12-7/h4-5H,6H2,1-3H3. The van der Waals surface area contributed by atoms with E-state index in [2.05, 4.69) is 46.7 Å². The van der Waals surface area contributed by atoms with Crippen LogP contribution in [0, 0.1) is 5.41 Å². The van der Waals surface area contributed by atoms with Crippen LogP contribution in [0.4, 0.5) is 0 Å². The van der Waals surface area contributed by atoms with Crippen molar-refractivity contribution in [1.82, 2.24) is 9.97 Å². The van der Waals surface area contributed by atoms with Gasteiger partial charge in [-0.2, -0.15) is 0 Å². The highest BCUT2D eigenvalue weighted by Crippen LogP contribution is 2.19. The number of hydrogen-bond donors (Lipinski definition) is 0. The third-order valence-corrected chi connectivity index (χ3v) is 1.78. The summed E-state index contributed by atoms with van der Waals surface area (Å²) < 4.78 is 0.671. The van der Waals surface area contributed by atoms with E-state index in [-0.39, 0.29) is 5.41 Å². The van der Waals surface area contributed by atoms with Gasteiger partial charge in [0.25, 0.3) is 0 Å². The molecular weight excluding hydrogens is 216 g/mol. The van der Waals surface area contributed by atoms with E-state index >= 15 is 0 Å². The topological polar surface area (TPSA) is 25.8 Å². The summed E-state index contributed by atoms with van der Waals surface area (Å²) >= 11 is 3.25. The summed E-state index contributed by atoms with van der Waals surface area (Å²) in [5.41, 5.74) is 1.37. The fourth-order valence-electron chi connectivity index (χ4n) is 1.01. The van der Waals surface area contributed by atoms with Gasteiger partial charge in [-0.05, 0) is 33.8 Å². The zero-order valence-electron chi connectivity index (χ0n) is 7.63. The van der Waals surface area contributed by atoms with Crippen LogP contribution in [0.3, 0.4) is 0 Å². The molecule has 12 heavy (non-hydrogen) atoms. The van der Waals surface area contributed by atoms with Crippen molar-refractivity contribution in [3.05, 3.63) is 22.7 Å². The van der Waals surface area contributed by atoms with Gasteiger partial charge in [-0.3, -0.25) is 0 Å². The van der Waals surface area contributed by atoms with Crippen molar-refractivity contribution in [2.45, 2.75) is 27.2 Å². The van der Waals surface area contributed by atoms with Gasteiger partial charge in [0.15, 0.2) is 4.73 Å². The zero-order valence-corrected chi connectivity index (χ0v) is 9.22. The minimum atomic E-state index is 0.286. The number of hydrogen-bond acceptors (Lipinski definition) is 2. The molecule has 0 saturated carbocycles. The van der Waals surface area contributed by atoms with Crippen LogP contribution in [0.5, 0.6) is 0 Å². The van der Waals surface area contributed by atoms with E-state index in [0.717, 1.165) is 12.1 Å². The van der Waals surface area contributed by atoms with Crippen LogP contribution in [0.15, 0.2) is 17.0 Å². The molecule has 2 nitrogen and oxygen atoms in total. The molecule has 1 rings (SSSR count). The average molecular weight is 229 g/mol. The van der Waals surface area contributed by atoms with Crippen LogP contribution in [0.1, 0.15) is 26.5 Å². The predicted octanol–water partition coefficient (Wildman–Crippen LogP) is 2.83. The first-order valence-corrected chi connectivity index (χ1v) is 4.74. The molecule has 0 amide bonds. The van der Waals surface area contributed by atoms with Crippen molar-refractivity contribution in [1.29, 1.82) is 0 Å². The predicted molar refractivity (Wildman–Crippen MR) is 52.9 cm³/mol. The number of halogens is 1. The molecule has 0 aromatic carbocycles. The van der Waals surface area contributed by atoms with Crippen LogP contribution in [-0.4, -0.2) is 9.97 Å². The van der Waals surface area contributed by atoms with E-state index in [4.69, 9.17) is 0 Å². The maximum atomic E-state index is 4.26. The lowest BCUT2D eigenvalue weighted by Crippen LogP contribution is -2.10. The first kappa shape index (κ1) is 9.65. The van der Waals surface area contributed by atoms with Crippen molar-refractivity contribution in [2.75, 3.05) is 0 Å². The van der Waals surface area contributed by atoms with Gasteiger partial charge in [0.2, 0.25) is 0 Å². The fraction of sp³-hybridized carbons (Fsp3) is 0.556. The molecule has 0 saturated heterocycles. The van der Waals surface area contributed by atoms with E-state index in [9.17, 15) is 0 Å². The molecule has 0 fully saturated rings. The molecule has 1 heterocycles. The smallest absolute Gasteiger partial charge is 0.196 e. The second-order valence-corrected chi connectivity index (χ2v) is 4.76. The van der Waals surface area contributed by atoms with Crippen molar-refractivity contribution in [3.63, 3.8) is 0 Å². The summed E-state index contributed by atoms with van der Waals surface area (Å²) in [7, 11) is 0. The molecule has 1 aromatic rings. The number of rotatable bonds is 1. The Bertz CT molecular complexity index is 265. The summed E-state index contributed by atoms with van der Waals surface area (Å²) in [5.74, 6) is 0. The normalized spacial score (nSPS) is 11.7. The Balaban J connectivity index is 2.77. The Labute approximate surface area is 81.6 Å². The molecule has 66 valence electrons. The van der Waals surface area contributed by atoms with Crippen molar-refractivity contribution in [3.8, 4) is 0 Å². The maximum absolute atomic E-state index is 4.26. The highest BCUT2D eigenvalue weighted by atomic mass is 79.9. The molecule has 0 aliphatic rings. The Morgan fingerprint density at radius 3 is 2.58 bits per heavy atom. The maximum Gasteiger partial charge on any atom is 0.196 e. The Kier molecular flexibility index (Phi) is 2.83. The van der Waals surface area contributed by atoms with Gasteiger partial charge < -0.3 is 0 Å². The van der Waals surface area contributed by atoms with E-state index in [1.807, 2.05) is 6.07 Å². The monoisotopic (exact) mass is 228 g/mol. The first-order valence-electron chi connectivity index (χ1n) is 3.95. The van der Waals surface area contributed by atoms with Crippen molar-refractivity contribution >= 4 is 15.9 Å². The van der Waals surface area contributed by atoms with Gasteiger partial charge in [-0.1, -0.05) is 20.8 Å². The van der Waals surface area contributed by atoms with Crippen molar-refractivity contribution in [2.24, 2.45) is 5.41 Å². The van der Waals surface area contributed by atoms with Crippen LogP contribution < -0.4 is 0 Å². The Morgan fingerprint density at radius 2 is 2.08 bits per heavy atom. The minimum absolute atomic E-state index is 0.286. The molecule has 3 heteroatoms. The molecule has 0 bridgehead atoms. The molecule has 0 radical (unpaired) electrons. The van der Waals surface area contributed by atoms with Crippen LogP contribution in [-0.2, 0) is 6.42 Å². The summed E-state index contributed by atoms with van der Waals surface area (Å²) in [6.45, 7) is 6.59. The Hall–Kier alpha value is -0.440. The van der Waals surface area contributed by atoms with E-state index < -0.39 is 0 Å². The largest absolute Gasteiger partial charge is 0.231 e. The first-order chi connectivity index (χ1) is 5.47. The lowest BCUT2D eigenvalue weighted by molar-refractivity contribution is 0.405. The number of aromatic nitrogens is 2. The SMILES string of the molecule is CC(C)(C)Cc1ccnc(Br)n1. The molecule has 0 aliphatic carbocycles. The molecular formula is C9H13BrN2. The van der Waals surface area contributed by atoms with Crippen LogP contribution >= 0.6 is 15.9 Å². The highest BCUT2D eigenvalue weighted by molar-refractivity contribution is 9.10. The van der Waals surface area contributed by atoms with Gasteiger partial charge >= 0.3 is 0 Å². The number of nitrogens with zero attached hydrogens (tertiary/aromatic N) is 2. The summed E-state index contributed by atoms with van der Waals surface area (Å²) in [6.07, 6.45) is 2.76. The lowest BCUT2D eigenvalue weighted by Gasteiger charge is -2.16. The third kappa shape index (κ3) is 3.30. The quantitative estimate of drug-likeness (QED) is 0.692. The summed E-state index contributed by atoms with van der Waals surface area (Å²) in [5, 5.41) is 0. The van der Waals surface area contributed by atoms with Crippen LogP contribution in [0.2, 0.25) is 0 Å². The molecule has 0 unspecified atom stereocenters. The van der Waals surface area contributed by atoms with Gasteiger partial charge in [-0.25, -0.2) is 9.97 Å². The molecule has 0 N–H and O–H groups in total. The minimum Gasteiger partial charge on any atom is -0.231 e. The average Bonchev–Trinajstić information content (AvgIpc) is 1.82. The highest BCUT2D eigenvalue weighted by Gasteiger charge is 2.12. The van der Waals surface area contributed by atoms with E-state index in [1.165, 1.54) is 0 Å². The van der Waals surface area contributed by atoms with Gasteiger partial charge in [-0.15, -0.1) is 0 Å². The van der Waals surface area contributed by atoms with Crippen LogP contribution in [0.25, 0.3) is 0 Å². The Morgan fingerprint density at radius 1 is 1.42 bits per heavy atom. The van der Waals surface area contributed by atoms with E-state index in [0.29, 0.717) is 4.73 Å². The molecule has 0 spiro atoms. The lowest BCUT2D eigenvalue weighted by atomic mass is 9.90. The van der Waals surface area contributed by atoms with Gasteiger partial charge in [0.1, 0.15) is 0 Å². The summed E-state index contributed by atoms with van der Waals surface area (Å²) in [6, 6.07) is 1.95. The van der Waals surface area contributed by atoms with Gasteiger partial charge in [0, 0.05) is 11.9 Å². The van der Waals surface area contributed by atoms with Gasteiger partial charge in [0.05, 0.1) is 0 Å². The van der Waals surface area contributed by atoms with Crippen molar-refractivity contribution < 1.29 is 0 Å². The second-order valence-electron chi connectivity index (χ2n) is 4.05.